The average molecular weight is 368 g/mol. The van der Waals surface area contributed by atoms with Crippen LogP contribution in [0.4, 0.5) is 0 Å². The molecule has 27 heavy (non-hydrogen) atoms. The van der Waals surface area contributed by atoms with Crippen LogP contribution in [-0.4, -0.2) is 36.6 Å². The van der Waals surface area contributed by atoms with Crippen molar-refractivity contribution in [1.29, 1.82) is 0 Å². The standard InChI is InChI=1S/C21H24N2O4/c1-14-4-6-18(10-15(14)2)21(25)22-8-9-23(16(3)24)12-17-5-7-19-20(11-17)27-13-26-19/h4-7,10-11H,8-9,12-13H2,1-3H3,(H,22,25). The van der Waals surface area contributed by atoms with Crippen LogP contribution < -0.4 is 14.8 Å². The molecule has 0 bridgehead atoms. The van der Waals surface area contributed by atoms with E-state index in [0.717, 1.165) is 16.7 Å². The van der Waals surface area contributed by atoms with Crippen LogP contribution in [0.25, 0.3) is 0 Å². The van der Waals surface area contributed by atoms with Crippen molar-refractivity contribution in [1.82, 2.24) is 10.2 Å². The first-order valence-corrected chi connectivity index (χ1v) is 8.93. The molecule has 0 aromatic heterocycles. The topological polar surface area (TPSA) is 67.9 Å². The molecule has 2 aromatic carbocycles. The van der Waals surface area contributed by atoms with Gasteiger partial charge in [-0.2, -0.15) is 0 Å². The van der Waals surface area contributed by atoms with Gasteiger partial charge >= 0.3 is 0 Å². The highest BCUT2D eigenvalue weighted by Gasteiger charge is 2.16. The number of fused-ring (bicyclic) bond motifs is 1. The zero-order chi connectivity index (χ0) is 19.4. The molecule has 0 atom stereocenters. The Morgan fingerprint density at radius 3 is 2.56 bits per heavy atom. The smallest absolute Gasteiger partial charge is 0.251 e. The second-order valence-electron chi connectivity index (χ2n) is 6.68. The van der Waals surface area contributed by atoms with Gasteiger partial charge in [0, 0.05) is 32.1 Å². The Morgan fingerprint density at radius 1 is 1.04 bits per heavy atom. The molecule has 1 heterocycles. The fraction of sp³-hybridized carbons (Fsp3) is 0.333. The van der Waals surface area contributed by atoms with E-state index in [0.29, 0.717) is 36.7 Å². The first kappa shape index (κ1) is 18.8. The summed E-state index contributed by atoms with van der Waals surface area (Å²) in [5.41, 5.74) is 3.81. The quantitative estimate of drug-likeness (QED) is 0.851. The van der Waals surface area contributed by atoms with E-state index in [4.69, 9.17) is 9.47 Å². The van der Waals surface area contributed by atoms with Gasteiger partial charge in [0.2, 0.25) is 12.7 Å². The molecule has 0 saturated heterocycles. The van der Waals surface area contributed by atoms with Crippen molar-refractivity contribution < 1.29 is 19.1 Å². The largest absolute Gasteiger partial charge is 0.454 e. The Balaban J connectivity index is 1.56. The van der Waals surface area contributed by atoms with Crippen LogP contribution in [0, 0.1) is 13.8 Å². The number of nitrogens with zero attached hydrogens (tertiary/aromatic N) is 1. The minimum absolute atomic E-state index is 0.0481. The van der Waals surface area contributed by atoms with E-state index in [-0.39, 0.29) is 18.6 Å². The fourth-order valence-corrected chi connectivity index (χ4v) is 2.90. The van der Waals surface area contributed by atoms with Gasteiger partial charge in [-0.05, 0) is 54.8 Å². The number of amides is 2. The summed E-state index contributed by atoms with van der Waals surface area (Å²) in [6, 6.07) is 11.3. The van der Waals surface area contributed by atoms with Gasteiger partial charge in [-0.15, -0.1) is 0 Å². The molecular weight excluding hydrogens is 344 g/mol. The van der Waals surface area contributed by atoms with Gasteiger partial charge in [0.05, 0.1) is 0 Å². The SMILES string of the molecule is CC(=O)N(CCNC(=O)c1ccc(C)c(C)c1)Cc1ccc2c(c1)OCO2. The third kappa shape index (κ3) is 4.58. The number of rotatable bonds is 6. The molecule has 1 aliphatic rings. The van der Waals surface area contributed by atoms with Crippen molar-refractivity contribution in [3.63, 3.8) is 0 Å². The number of nitrogens with one attached hydrogen (secondary N) is 1. The molecule has 3 rings (SSSR count). The predicted octanol–water partition coefficient (Wildman–Crippen LogP) is 2.81. The summed E-state index contributed by atoms with van der Waals surface area (Å²) in [7, 11) is 0. The minimum Gasteiger partial charge on any atom is -0.454 e. The van der Waals surface area contributed by atoms with E-state index in [1.54, 1.807) is 4.90 Å². The highest BCUT2D eigenvalue weighted by Crippen LogP contribution is 2.32. The van der Waals surface area contributed by atoms with Gasteiger partial charge in [-0.1, -0.05) is 12.1 Å². The molecule has 0 unspecified atom stereocenters. The van der Waals surface area contributed by atoms with E-state index in [9.17, 15) is 9.59 Å². The third-order valence-electron chi connectivity index (χ3n) is 4.69. The number of carbonyl (C=O) groups excluding carboxylic acids is 2. The maximum absolute atomic E-state index is 12.3. The average Bonchev–Trinajstić information content (AvgIpc) is 3.10. The molecule has 2 aromatic rings. The summed E-state index contributed by atoms with van der Waals surface area (Å²) < 4.78 is 10.7. The number of carbonyl (C=O) groups is 2. The lowest BCUT2D eigenvalue weighted by atomic mass is 10.1. The number of hydrogen-bond donors (Lipinski definition) is 1. The molecule has 1 N–H and O–H groups in total. The Labute approximate surface area is 159 Å². The van der Waals surface area contributed by atoms with Crippen molar-refractivity contribution in [2.45, 2.75) is 27.3 Å². The highest BCUT2D eigenvalue weighted by molar-refractivity contribution is 5.94. The van der Waals surface area contributed by atoms with Gasteiger partial charge in [-0.3, -0.25) is 9.59 Å². The number of hydrogen-bond acceptors (Lipinski definition) is 4. The Bertz CT molecular complexity index is 863. The van der Waals surface area contributed by atoms with E-state index in [1.165, 1.54) is 6.92 Å². The summed E-state index contributed by atoms with van der Waals surface area (Å²) in [6.07, 6.45) is 0. The van der Waals surface area contributed by atoms with E-state index in [2.05, 4.69) is 5.32 Å². The van der Waals surface area contributed by atoms with E-state index >= 15 is 0 Å². The van der Waals surface area contributed by atoms with Crippen molar-refractivity contribution in [3.05, 3.63) is 58.7 Å². The summed E-state index contributed by atoms with van der Waals surface area (Å²) in [5, 5.41) is 2.88. The number of ether oxygens (including phenoxy) is 2. The maximum Gasteiger partial charge on any atom is 0.251 e. The number of benzene rings is 2. The number of aryl methyl sites for hydroxylation is 2. The van der Waals surface area contributed by atoms with Crippen molar-refractivity contribution >= 4 is 11.8 Å². The van der Waals surface area contributed by atoms with Crippen LogP contribution in [0.5, 0.6) is 11.5 Å². The molecule has 0 spiro atoms. The zero-order valence-electron chi connectivity index (χ0n) is 15.9. The van der Waals surface area contributed by atoms with Crippen molar-refractivity contribution in [3.8, 4) is 11.5 Å². The van der Waals surface area contributed by atoms with Gasteiger partial charge in [-0.25, -0.2) is 0 Å². The molecule has 6 nitrogen and oxygen atoms in total. The van der Waals surface area contributed by atoms with Crippen molar-refractivity contribution in [2.24, 2.45) is 0 Å². The highest BCUT2D eigenvalue weighted by atomic mass is 16.7. The van der Waals surface area contributed by atoms with Gasteiger partial charge < -0.3 is 19.7 Å². The van der Waals surface area contributed by atoms with Crippen LogP contribution in [0.2, 0.25) is 0 Å². The molecule has 0 saturated carbocycles. The minimum atomic E-state index is -0.135. The van der Waals surface area contributed by atoms with Gasteiger partial charge in [0.1, 0.15) is 0 Å². The predicted molar refractivity (Wildman–Crippen MR) is 102 cm³/mol. The lowest BCUT2D eigenvalue weighted by Gasteiger charge is -2.21. The second-order valence-corrected chi connectivity index (χ2v) is 6.68. The molecule has 1 aliphatic heterocycles. The molecule has 0 fully saturated rings. The summed E-state index contributed by atoms with van der Waals surface area (Å²) >= 11 is 0. The van der Waals surface area contributed by atoms with Crippen LogP contribution in [0.1, 0.15) is 34.0 Å². The first-order valence-electron chi connectivity index (χ1n) is 8.93. The zero-order valence-corrected chi connectivity index (χ0v) is 15.9. The monoisotopic (exact) mass is 368 g/mol. The molecule has 0 aliphatic carbocycles. The lowest BCUT2D eigenvalue weighted by Crippen LogP contribution is -2.37. The molecule has 142 valence electrons. The first-order chi connectivity index (χ1) is 12.9. The van der Waals surface area contributed by atoms with Crippen LogP contribution in [0.3, 0.4) is 0 Å². The normalized spacial score (nSPS) is 12.0. The Kier molecular flexibility index (Phi) is 5.64. The Morgan fingerprint density at radius 2 is 1.81 bits per heavy atom. The van der Waals surface area contributed by atoms with Crippen LogP contribution >= 0.6 is 0 Å². The second kappa shape index (κ2) is 8.12. The van der Waals surface area contributed by atoms with Gasteiger partial charge in [0.25, 0.3) is 5.91 Å². The van der Waals surface area contributed by atoms with Gasteiger partial charge in [0.15, 0.2) is 11.5 Å². The summed E-state index contributed by atoms with van der Waals surface area (Å²) in [6.45, 7) is 7.01. The lowest BCUT2D eigenvalue weighted by molar-refractivity contribution is -0.129. The van der Waals surface area contributed by atoms with E-state index < -0.39 is 0 Å². The molecular formula is C21H24N2O4. The molecule has 2 amide bonds. The maximum atomic E-state index is 12.3. The molecule has 0 radical (unpaired) electrons. The van der Waals surface area contributed by atoms with E-state index in [1.807, 2.05) is 50.2 Å². The summed E-state index contributed by atoms with van der Waals surface area (Å²) in [5.74, 6) is 1.23. The van der Waals surface area contributed by atoms with Crippen LogP contribution in [-0.2, 0) is 11.3 Å². The van der Waals surface area contributed by atoms with Crippen molar-refractivity contribution in [2.75, 3.05) is 19.9 Å². The Hall–Kier alpha value is -3.02. The fourth-order valence-electron chi connectivity index (χ4n) is 2.90. The molecule has 6 heteroatoms. The summed E-state index contributed by atoms with van der Waals surface area (Å²) in [4.78, 5) is 26.0. The third-order valence-corrected chi connectivity index (χ3v) is 4.69. The van der Waals surface area contributed by atoms with Crippen LogP contribution in [0.15, 0.2) is 36.4 Å².